The van der Waals surface area contributed by atoms with Crippen molar-refractivity contribution in [3.05, 3.63) is 70.6 Å². The number of carbonyl (C=O) groups is 1. The molecule has 5 heteroatoms. The molecule has 0 atom stereocenters. The van der Waals surface area contributed by atoms with Crippen molar-refractivity contribution in [1.82, 2.24) is 14.3 Å². The van der Waals surface area contributed by atoms with Gasteiger partial charge in [0.05, 0.1) is 17.1 Å². The molecule has 104 valence electrons. The molecule has 3 aromatic rings. The molecule has 0 fully saturated rings. The van der Waals surface area contributed by atoms with Crippen LogP contribution in [0.25, 0.3) is 17.1 Å². The maximum atomic E-state index is 12.5. The van der Waals surface area contributed by atoms with Crippen LogP contribution in [0.4, 0.5) is 0 Å². The third-order valence-electron chi connectivity index (χ3n) is 3.33. The lowest BCUT2D eigenvalue weighted by Gasteiger charge is -2.09. The van der Waals surface area contributed by atoms with Crippen molar-refractivity contribution in [1.29, 1.82) is 0 Å². The Morgan fingerprint density at radius 1 is 1.05 bits per heavy atom. The molecule has 0 bridgehead atoms. The number of para-hydroxylation sites is 1. The first-order valence-corrected chi connectivity index (χ1v) is 6.48. The summed E-state index contributed by atoms with van der Waals surface area (Å²) in [6.07, 6.45) is 2.22. The van der Waals surface area contributed by atoms with Crippen molar-refractivity contribution in [3.63, 3.8) is 0 Å². The number of pyridine rings is 1. The van der Waals surface area contributed by atoms with Crippen LogP contribution in [0.5, 0.6) is 0 Å². The van der Waals surface area contributed by atoms with Crippen LogP contribution in [0.15, 0.2) is 59.5 Å². The maximum Gasteiger partial charge on any atom is 0.282 e. The van der Waals surface area contributed by atoms with E-state index in [-0.39, 0.29) is 11.1 Å². The van der Waals surface area contributed by atoms with Crippen molar-refractivity contribution in [2.75, 3.05) is 0 Å². The van der Waals surface area contributed by atoms with Crippen molar-refractivity contribution in [3.8, 4) is 17.1 Å². The number of nitrogens with zero attached hydrogens (tertiary/aromatic N) is 3. The van der Waals surface area contributed by atoms with Gasteiger partial charge in [-0.25, -0.2) is 4.68 Å². The molecule has 2 aromatic heterocycles. The van der Waals surface area contributed by atoms with Gasteiger partial charge >= 0.3 is 0 Å². The second-order valence-corrected chi connectivity index (χ2v) is 4.57. The van der Waals surface area contributed by atoms with Crippen LogP contribution in [0.3, 0.4) is 0 Å². The molecule has 3 rings (SSSR count). The highest BCUT2D eigenvalue weighted by atomic mass is 16.1. The lowest BCUT2D eigenvalue weighted by Crippen LogP contribution is -2.20. The largest absolute Gasteiger partial charge is 0.298 e. The molecule has 1 aromatic carbocycles. The predicted molar refractivity (Wildman–Crippen MR) is 79.6 cm³/mol. The fourth-order valence-electron chi connectivity index (χ4n) is 2.40. The van der Waals surface area contributed by atoms with Crippen LogP contribution < -0.4 is 5.56 Å². The lowest BCUT2D eigenvalue weighted by atomic mass is 10.2. The van der Waals surface area contributed by atoms with Gasteiger partial charge in [0.25, 0.3) is 5.56 Å². The van der Waals surface area contributed by atoms with E-state index in [1.54, 1.807) is 30.1 Å². The van der Waals surface area contributed by atoms with Crippen LogP contribution in [-0.4, -0.2) is 20.6 Å². The fraction of sp³-hybridized carbons (Fsp3) is 0.0625. The zero-order valence-corrected chi connectivity index (χ0v) is 11.4. The number of rotatable bonds is 3. The molecule has 0 saturated carbocycles. The first kappa shape index (κ1) is 13.1. The van der Waals surface area contributed by atoms with Crippen LogP contribution >= 0.6 is 0 Å². The molecule has 0 saturated heterocycles. The minimum absolute atomic E-state index is 0.111. The smallest absolute Gasteiger partial charge is 0.282 e. The third-order valence-corrected chi connectivity index (χ3v) is 3.33. The zero-order valence-electron chi connectivity index (χ0n) is 11.4. The summed E-state index contributed by atoms with van der Waals surface area (Å²) in [5.41, 5.74) is 1.57. The van der Waals surface area contributed by atoms with Gasteiger partial charge in [-0.3, -0.25) is 19.3 Å². The van der Waals surface area contributed by atoms with E-state index in [2.05, 4.69) is 4.98 Å². The van der Waals surface area contributed by atoms with Gasteiger partial charge in [0.2, 0.25) is 0 Å². The van der Waals surface area contributed by atoms with Gasteiger partial charge in [0.1, 0.15) is 5.56 Å². The van der Waals surface area contributed by atoms with Gasteiger partial charge in [0.15, 0.2) is 6.29 Å². The van der Waals surface area contributed by atoms with E-state index in [0.717, 1.165) is 0 Å². The minimum Gasteiger partial charge on any atom is -0.298 e. The topological polar surface area (TPSA) is 56.9 Å². The van der Waals surface area contributed by atoms with E-state index in [4.69, 9.17) is 0 Å². The Morgan fingerprint density at radius 3 is 2.38 bits per heavy atom. The van der Waals surface area contributed by atoms with Crippen molar-refractivity contribution in [2.24, 2.45) is 7.05 Å². The Balaban J connectivity index is 2.33. The Bertz CT molecular complexity index is 833. The van der Waals surface area contributed by atoms with Crippen LogP contribution in [0.1, 0.15) is 10.4 Å². The summed E-state index contributed by atoms with van der Waals surface area (Å²) in [6.45, 7) is 0. The number of aromatic nitrogens is 3. The molecule has 0 unspecified atom stereocenters. The maximum absolute atomic E-state index is 12.5. The molecular weight excluding hydrogens is 266 g/mol. The number of hydrogen-bond donors (Lipinski definition) is 0. The molecule has 0 spiro atoms. The number of carbonyl (C=O) groups excluding carboxylic acids is 1. The Hall–Kier alpha value is -2.95. The van der Waals surface area contributed by atoms with Gasteiger partial charge in [-0.2, -0.15) is 0 Å². The second kappa shape index (κ2) is 5.20. The summed E-state index contributed by atoms with van der Waals surface area (Å²) in [5, 5.41) is 0. The number of hydrogen-bond acceptors (Lipinski definition) is 3. The molecule has 0 aliphatic heterocycles. The standard InChI is InChI=1S/C16H13N3O2/c1-18-15(14-9-5-6-10-17-14)13(11-20)16(21)19(18)12-7-3-2-4-8-12/h2-11H,1H3. The lowest BCUT2D eigenvalue weighted by molar-refractivity contribution is 0.112. The van der Waals surface area contributed by atoms with Crippen LogP contribution in [0, 0.1) is 0 Å². The molecule has 21 heavy (non-hydrogen) atoms. The molecule has 0 aliphatic carbocycles. The van der Waals surface area contributed by atoms with Crippen molar-refractivity contribution < 1.29 is 4.79 Å². The predicted octanol–water partition coefficient (Wildman–Crippen LogP) is 2.05. The van der Waals surface area contributed by atoms with E-state index in [9.17, 15) is 9.59 Å². The van der Waals surface area contributed by atoms with E-state index in [1.165, 1.54) is 4.68 Å². The monoisotopic (exact) mass is 279 g/mol. The van der Waals surface area contributed by atoms with Gasteiger partial charge < -0.3 is 0 Å². The van der Waals surface area contributed by atoms with E-state index >= 15 is 0 Å². The summed E-state index contributed by atoms with van der Waals surface area (Å²) >= 11 is 0. The zero-order chi connectivity index (χ0) is 14.8. The molecule has 0 aliphatic rings. The third kappa shape index (κ3) is 2.08. The van der Waals surface area contributed by atoms with E-state index in [0.29, 0.717) is 23.4 Å². The van der Waals surface area contributed by atoms with Gasteiger partial charge in [-0.1, -0.05) is 24.3 Å². The summed E-state index contributed by atoms with van der Waals surface area (Å²) in [4.78, 5) is 28.1. The van der Waals surface area contributed by atoms with E-state index in [1.807, 2.05) is 36.4 Å². The average molecular weight is 279 g/mol. The first-order valence-electron chi connectivity index (χ1n) is 6.48. The Morgan fingerprint density at radius 2 is 1.76 bits per heavy atom. The first-order chi connectivity index (χ1) is 10.2. The number of aldehydes is 1. The van der Waals surface area contributed by atoms with Crippen molar-refractivity contribution in [2.45, 2.75) is 0 Å². The molecule has 0 amide bonds. The molecule has 5 nitrogen and oxygen atoms in total. The number of benzene rings is 1. The Labute approximate surface area is 121 Å². The summed E-state index contributed by atoms with van der Waals surface area (Å²) in [6, 6.07) is 14.6. The van der Waals surface area contributed by atoms with Gasteiger partial charge in [-0.15, -0.1) is 0 Å². The molecule has 0 N–H and O–H groups in total. The molecule has 0 radical (unpaired) electrons. The van der Waals surface area contributed by atoms with E-state index < -0.39 is 0 Å². The quantitative estimate of drug-likeness (QED) is 0.689. The molecular formula is C16H13N3O2. The normalized spacial score (nSPS) is 10.5. The average Bonchev–Trinajstić information content (AvgIpc) is 2.79. The molecule has 2 heterocycles. The Kier molecular flexibility index (Phi) is 3.23. The summed E-state index contributed by atoms with van der Waals surface area (Å²) in [5.74, 6) is 0. The van der Waals surface area contributed by atoms with Gasteiger partial charge in [0, 0.05) is 13.2 Å². The van der Waals surface area contributed by atoms with Crippen molar-refractivity contribution >= 4 is 6.29 Å². The highest BCUT2D eigenvalue weighted by Gasteiger charge is 2.20. The van der Waals surface area contributed by atoms with Crippen LogP contribution in [-0.2, 0) is 7.05 Å². The highest BCUT2D eigenvalue weighted by molar-refractivity contribution is 5.84. The summed E-state index contributed by atoms with van der Waals surface area (Å²) < 4.78 is 3.12. The SMILES string of the molecule is Cn1c(-c2ccccn2)c(C=O)c(=O)n1-c1ccccc1. The fourth-order valence-corrected chi connectivity index (χ4v) is 2.40. The highest BCUT2D eigenvalue weighted by Crippen LogP contribution is 2.20. The summed E-state index contributed by atoms with van der Waals surface area (Å²) in [7, 11) is 1.74. The minimum atomic E-state index is -0.348. The van der Waals surface area contributed by atoms with Gasteiger partial charge in [-0.05, 0) is 24.3 Å². The second-order valence-electron chi connectivity index (χ2n) is 4.57. The van der Waals surface area contributed by atoms with Crippen LogP contribution in [0.2, 0.25) is 0 Å².